The van der Waals surface area contributed by atoms with Gasteiger partial charge in [0.1, 0.15) is 34.5 Å². The van der Waals surface area contributed by atoms with Crippen molar-refractivity contribution in [2.75, 3.05) is 27.3 Å². The smallest absolute Gasteiger partial charge is 0.265 e. The number of aliphatic hydroxyl groups is 2. The second-order valence-corrected chi connectivity index (χ2v) is 12.1. The van der Waals surface area contributed by atoms with Gasteiger partial charge in [0, 0.05) is 17.1 Å². The van der Waals surface area contributed by atoms with E-state index >= 15 is 4.39 Å². The number of hydrogen-bond donors (Lipinski definition) is 2. The second kappa shape index (κ2) is 11.4. The zero-order valence-corrected chi connectivity index (χ0v) is 25.5. The third-order valence-electron chi connectivity index (χ3n) is 8.51. The van der Waals surface area contributed by atoms with E-state index in [1.165, 1.54) is 0 Å². The number of carbonyl (C=O) groups excluding carboxylic acids is 2. The highest BCUT2D eigenvalue weighted by Crippen LogP contribution is 2.56. The van der Waals surface area contributed by atoms with Crippen molar-refractivity contribution in [3.8, 4) is 17.7 Å². The predicted octanol–water partition coefficient (Wildman–Crippen LogP) is 5.07. The van der Waals surface area contributed by atoms with E-state index in [4.69, 9.17) is 14.0 Å². The molecule has 2 N–H and O–H groups in total. The van der Waals surface area contributed by atoms with Crippen LogP contribution in [0.3, 0.4) is 0 Å². The van der Waals surface area contributed by atoms with Crippen LogP contribution in [0.4, 0.5) is 4.39 Å². The topological polar surface area (TPSA) is 146 Å². The number of rotatable bonds is 9. The van der Waals surface area contributed by atoms with Crippen molar-refractivity contribution in [2.45, 2.75) is 64.0 Å². The first-order valence-electron chi connectivity index (χ1n) is 14.1. The number of unbranched alkanes of at least 4 members (excludes halogenated alkanes) is 2. The molecule has 224 valence electrons. The largest absolute Gasteiger partial charge is 0.507 e. The Balaban J connectivity index is 1.68. The fraction of sp³-hybridized carbons (Fsp3) is 0.533. The molecule has 2 aromatic rings. The predicted molar refractivity (Wildman–Crippen MR) is 152 cm³/mol. The van der Waals surface area contributed by atoms with Gasteiger partial charge in [-0.25, -0.2) is 4.39 Å². The van der Waals surface area contributed by atoms with Gasteiger partial charge in [0.15, 0.2) is 11.4 Å². The normalized spacial score (nSPS) is 24.6. The van der Waals surface area contributed by atoms with Crippen molar-refractivity contribution in [3.05, 3.63) is 43.9 Å². The van der Waals surface area contributed by atoms with Gasteiger partial charge in [0.05, 0.1) is 29.3 Å². The zero-order chi connectivity index (χ0) is 30.5. The summed E-state index contributed by atoms with van der Waals surface area (Å²) in [6.45, 7) is 4.43. The van der Waals surface area contributed by atoms with Crippen LogP contribution in [0, 0.1) is 29.0 Å². The number of halogens is 2. The minimum absolute atomic E-state index is 0.0206. The van der Waals surface area contributed by atoms with Crippen LogP contribution in [0.25, 0.3) is 5.76 Å². The number of hydrogen-bond acceptors (Lipinski definition) is 10. The molecule has 3 aliphatic rings. The lowest BCUT2D eigenvalue weighted by atomic mass is 9.57. The third-order valence-corrected chi connectivity index (χ3v) is 9.26. The second-order valence-electron chi connectivity index (χ2n) is 11.3. The molecule has 0 spiro atoms. The average Bonchev–Trinajstić information content (AvgIpc) is 3.36. The van der Waals surface area contributed by atoms with Gasteiger partial charge in [-0.05, 0) is 66.8 Å². The monoisotopic (exact) mass is 645 g/mol. The standard InChI is InChI=1S/C30H33BrFN3O7/c1-5-7-9-40-25-19-15(22(32)16(13-33)21(25)31)11-14-12-17-23(35(3)4)26-20(29(34-42-26)41-10-8-6-2)28(38)30(17,39)27(37)18(14)24(19)36/h14,17,23,36,39H,5-12H2,1-4H3/t14-,17-,23-,30-/m0/s1. The quantitative estimate of drug-likeness (QED) is 0.280. The fourth-order valence-electron chi connectivity index (χ4n) is 6.44. The first-order chi connectivity index (χ1) is 20.0. The molecule has 0 radical (unpaired) electrons. The van der Waals surface area contributed by atoms with Crippen LogP contribution in [0.15, 0.2) is 14.6 Å². The summed E-state index contributed by atoms with van der Waals surface area (Å²) in [4.78, 5) is 30.0. The molecule has 4 atom stereocenters. The van der Waals surface area contributed by atoms with Crippen LogP contribution in [-0.4, -0.2) is 64.7 Å². The van der Waals surface area contributed by atoms with Crippen LogP contribution in [0.1, 0.15) is 84.8 Å². The Labute approximate surface area is 251 Å². The maximum absolute atomic E-state index is 15.7. The molecule has 10 nitrogen and oxygen atoms in total. The number of benzene rings is 1. The Morgan fingerprint density at radius 2 is 1.83 bits per heavy atom. The van der Waals surface area contributed by atoms with Gasteiger partial charge in [0.2, 0.25) is 11.6 Å². The molecule has 0 amide bonds. The summed E-state index contributed by atoms with van der Waals surface area (Å²) in [6.07, 6.45) is 3.00. The molecule has 1 saturated carbocycles. The molecule has 1 fully saturated rings. The summed E-state index contributed by atoms with van der Waals surface area (Å²) in [6, 6.07) is 1.12. The van der Waals surface area contributed by atoms with Crippen molar-refractivity contribution < 1.29 is 38.2 Å². The van der Waals surface area contributed by atoms with Crippen LogP contribution in [-0.2, 0) is 11.2 Å². The van der Waals surface area contributed by atoms with Crippen LogP contribution in [0.5, 0.6) is 11.6 Å². The summed E-state index contributed by atoms with van der Waals surface area (Å²) in [7, 11) is 3.45. The molecule has 0 bridgehead atoms. The maximum atomic E-state index is 15.7. The molecular weight excluding hydrogens is 613 g/mol. The Hall–Kier alpha value is -3.27. The van der Waals surface area contributed by atoms with Crippen molar-refractivity contribution in [1.29, 1.82) is 5.26 Å². The number of Topliss-reactive ketones (excluding diaryl/α,β-unsaturated/α-hetero) is 2. The van der Waals surface area contributed by atoms with Crippen LogP contribution < -0.4 is 9.47 Å². The molecule has 0 unspecified atom stereocenters. The summed E-state index contributed by atoms with van der Waals surface area (Å²) < 4.78 is 33.0. The molecule has 3 aliphatic carbocycles. The highest BCUT2D eigenvalue weighted by molar-refractivity contribution is 9.10. The highest BCUT2D eigenvalue weighted by Gasteiger charge is 2.65. The SMILES string of the molecule is CCCCOc1noc2c1C(=O)[C@@]1(O)C(=O)C3=C(O)c4c(c(F)c(C#N)c(Br)c4OCCCC)C[C@H]3C[C@H]1[C@@H]2N(C)C. The van der Waals surface area contributed by atoms with Crippen LogP contribution >= 0.6 is 15.9 Å². The van der Waals surface area contributed by atoms with E-state index in [9.17, 15) is 25.1 Å². The molecular formula is C30H33BrFN3O7. The number of nitrogens with zero attached hydrogens (tertiary/aromatic N) is 3. The first kappa shape index (κ1) is 30.2. The molecule has 1 aromatic heterocycles. The van der Waals surface area contributed by atoms with E-state index in [-0.39, 0.29) is 75.7 Å². The maximum Gasteiger partial charge on any atom is 0.265 e. The van der Waals surface area contributed by atoms with Gasteiger partial charge >= 0.3 is 0 Å². The summed E-state index contributed by atoms with van der Waals surface area (Å²) >= 11 is 3.25. The van der Waals surface area contributed by atoms with Crippen molar-refractivity contribution in [1.82, 2.24) is 10.1 Å². The van der Waals surface area contributed by atoms with E-state index in [0.29, 0.717) is 12.8 Å². The number of carbonyl (C=O) groups is 2. The average molecular weight is 647 g/mol. The lowest BCUT2D eigenvalue weighted by Gasteiger charge is -2.49. The third kappa shape index (κ3) is 4.36. The molecule has 12 heteroatoms. The number of ketones is 2. The van der Waals surface area contributed by atoms with Gasteiger partial charge in [-0.1, -0.05) is 26.7 Å². The highest BCUT2D eigenvalue weighted by atomic mass is 79.9. The summed E-state index contributed by atoms with van der Waals surface area (Å²) in [5, 5.41) is 37.4. The van der Waals surface area contributed by atoms with E-state index in [1.54, 1.807) is 19.0 Å². The number of nitriles is 1. The number of aliphatic hydroxyl groups excluding tert-OH is 1. The number of aromatic nitrogens is 1. The number of fused-ring (bicyclic) bond motifs is 4. The lowest BCUT2D eigenvalue weighted by molar-refractivity contribution is -0.142. The summed E-state index contributed by atoms with van der Waals surface area (Å²) in [5.74, 6) is -4.88. The number of ether oxygens (including phenoxy) is 2. The van der Waals surface area contributed by atoms with Gasteiger partial charge in [-0.3, -0.25) is 14.5 Å². The Kier molecular flexibility index (Phi) is 8.22. The Bertz CT molecular complexity index is 1530. The first-order valence-corrected chi connectivity index (χ1v) is 14.9. The van der Waals surface area contributed by atoms with E-state index in [1.807, 2.05) is 19.9 Å². The zero-order valence-electron chi connectivity index (χ0n) is 23.9. The van der Waals surface area contributed by atoms with Crippen molar-refractivity contribution in [3.63, 3.8) is 0 Å². The van der Waals surface area contributed by atoms with Crippen LogP contribution in [0.2, 0.25) is 0 Å². The minimum atomic E-state index is -2.56. The molecule has 5 rings (SSSR count). The molecule has 0 saturated heterocycles. The van der Waals surface area contributed by atoms with E-state index in [2.05, 4.69) is 21.1 Å². The van der Waals surface area contributed by atoms with Gasteiger partial charge < -0.3 is 24.2 Å². The van der Waals surface area contributed by atoms with Gasteiger partial charge in [-0.15, -0.1) is 0 Å². The lowest BCUT2D eigenvalue weighted by Crippen LogP contribution is -2.63. The molecule has 1 aromatic carbocycles. The van der Waals surface area contributed by atoms with Gasteiger partial charge in [0.25, 0.3) is 5.88 Å². The fourth-order valence-corrected chi connectivity index (χ4v) is 7.01. The van der Waals surface area contributed by atoms with E-state index in [0.717, 1.165) is 12.8 Å². The molecule has 1 heterocycles. The molecule has 0 aliphatic heterocycles. The van der Waals surface area contributed by atoms with Gasteiger partial charge in [-0.2, -0.15) is 5.26 Å². The van der Waals surface area contributed by atoms with Crippen molar-refractivity contribution in [2.24, 2.45) is 11.8 Å². The van der Waals surface area contributed by atoms with Crippen molar-refractivity contribution >= 4 is 33.3 Å². The minimum Gasteiger partial charge on any atom is -0.507 e. The van der Waals surface area contributed by atoms with E-state index < -0.39 is 46.6 Å². The Morgan fingerprint density at radius 1 is 1.17 bits per heavy atom. The molecule has 42 heavy (non-hydrogen) atoms. The Morgan fingerprint density at radius 3 is 2.45 bits per heavy atom. The summed E-state index contributed by atoms with van der Waals surface area (Å²) in [5.41, 5.74) is -3.10.